The summed E-state index contributed by atoms with van der Waals surface area (Å²) in [6.45, 7) is 8.63. The fourth-order valence-electron chi connectivity index (χ4n) is 1.81. The molecule has 0 radical (unpaired) electrons. The van der Waals surface area contributed by atoms with Crippen LogP contribution in [0.1, 0.15) is 37.9 Å². The van der Waals surface area contributed by atoms with Gasteiger partial charge in [-0.3, -0.25) is 10.1 Å². The van der Waals surface area contributed by atoms with Crippen LogP contribution in [0.4, 0.5) is 0 Å². The number of rotatable bonds is 5. The third kappa shape index (κ3) is 4.19. The molecule has 3 nitrogen and oxygen atoms in total. The van der Waals surface area contributed by atoms with Crippen LogP contribution in [0.2, 0.25) is 0 Å². The second-order valence-electron chi connectivity index (χ2n) is 4.42. The van der Waals surface area contributed by atoms with E-state index in [0.717, 1.165) is 0 Å². The Bertz CT molecular complexity index is 376. The smallest absolute Gasteiger partial charge is 0.236 e. The van der Waals surface area contributed by atoms with Gasteiger partial charge < -0.3 is 5.32 Å². The molecule has 0 bridgehead atoms. The largest absolute Gasteiger partial charge is 0.355 e. The molecule has 17 heavy (non-hydrogen) atoms. The van der Waals surface area contributed by atoms with Crippen LogP contribution in [-0.4, -0.2) is 18.5 Å². The third-order valence-corrected chi connectivity index (χ3v) is 2.79. The van der Waals surface area contributed by atoms with E-state index in [2.05, 4.69) is 42.7 Å². The summed E-state index contributed by atoms with van der Waals surface area (Å²) in [6, 6.07) is 8.33. The van der Waals surface area contributed by atoms with E-state index < -0.39 is 0 Å². The molecule has 1 unspecified atom stereocenters. The Kier molecular flexibility index (Phi) is 5.16. The molecule has 1 rings (SSSR count). The average molecular weight is 234 g/mol. The lowest BCUT2D eigenvalue weighted by atomic mass is 10.1. The van der Waals surface area contributed by atoms with Crippen molar-refractivity contribution in [2.24, 2.45) is 0 Å². The quantitative estimate of drug-likeness (QED) is 0.820. The van der Waals surface area contributed by atoms with Gasteiger partial charge in [0.25, 0.3) is 0 Å². The molecule has 1 amide bonds. The minimum atomic E-state index is -0.175. The summed E-state index contributed by atoms with van der Waals surface area (Å²) in [7, 11) is 0. The minimum absolute atomic E-state index is 0.0482. The van der Waals surface area contributed by atoms with Crippen LogP contribution >= 0.6 is 0 Å². The summed E-state index contributed by atoms with van der Waals surface area (Å²) >= 11 is 0. The molecule has 3 heteroatoms. The topological polar surface area (TPSA) is 41.1 Å². The number of carbonyl (C=O) groups is 1. The highest BCUT2D eigenvalue weighted by Gasteiger charge is 2.15. The van der Waals surface area contributed by atoms with E-state index >= 15 is 0 Å². The molecule has 1 aromatic rings. The van der Waals surface area contributed by atoms with Gasteiger partial charge in [0.15, 0.2) is 0 Å². The number of aryl methyl sites for hydroxylation is 1. The van der Waals surface area contributed by atoms with E-state index in [1.165, 1.54) is 11.1 Å². The molecule has 0 aromatic heterocycles. The van der Waals surface area contributed by atoms with Crippen LogP contribution in [0.3, 0.4) is 0 Å². The zero-order chi connectivity index (χ0) is 12.8. The molecule has 0 aliphatic rings. The summed E-state index contributed by atoms with van der Waals surface area (Å²) in [4.78, 5) is 11.6. The standard InChI is InChI=1S/C14H22N2O/c1-5-15-14(17)12(4)16-11(3)13-8-6-7-10(2)9-13/h6-9,11-12,16H,5H2,1-4H3,(H,15,17)/t11-,12?/m0/s1. The molecule has 0 heterocycles. The number of hydrogen-bond acceptors (Lipinski definition) is 2. The first kappa shape index (κ1) is 13.7. The van der Waals surface area contributed by atoms with Crippen molar-refractivity contribution in [2.75, 3.05) is 6.54 Å². The van der Waals surface area contributed by atoms with Crippen LogP contribution in [0.5, 0.6) is 0 Å². The number of benzene rings is 1. The Labute approximate surface area is 104 Å². The number of amides is 1. The van der Waals surface area contributed by atoms with Crippen LogP contribution in [0, 0.1) is 6.92 Å². The van der Waals surface area contributed by atoms with Gasteiger partial charge in [0.2, 0.25) is 5.91 Å². The lowest BCUT2D eigenvalue weighted by molar-refractivity contribution is -0.122. The SMILES string of the molecule is CCNC(=O)C(C)N[C@@H](C)c1cccc(C)c1. The van der Waals surface area contributed by atoms with Gasteiger partial charge in [-0.25, -0.2) is 0 Å². The zero-order valence-electron chi connectivity index (χ0n) is 11.1. The maximum absolute atomic E-state index is 11.6. The Morgan fingerprint density at radius 2 is 2.06 bits per heavy atom. The Hall–Kier alpha value is -1.35. The fraction of sp³-hybridized carbons (Fsp3) is 0.500. The fourth-order valence-corrected chi connectivity index (χ4v) is 1.81. The Balaban J connectivity index is 2.60. The van der Waals surface area contributed by atoms with Crippen molar-refractivity contribution >= 4 is 5.91 Å². The number of carbonyl (C=O) groups excluding carboxylic acids is 1. The van der Waals surface area contributed by atoms with Gasteiger partial charge >= 0.3 is 0 Å². The van der Waals surface area contributed by atoms with Crippen molar-refractivity contribution in [1.82, 2.24) is 10.6 Å². The zero-order valence-corrected chi connectivity index (χ0v) is 11.1. The second kappa shape index (κ2) is 6.40. The summed E-state index contributed by atoms with van der Waals surface area (Å²) in [5, 5.41) is 6.11. The average Bonchev–Trinajstić information content (AvgIpc) is 2.29. The van der Waals surface area contributed by atoms with Crippen LogP contribution in [-0.2, 0) is 4.79 Å². The molecule has 0 aliphatic heterocycles. The van der Waals surface area contributed by atoms with E-state index in [9.17, 15) is 4.79 Å². The predicted octanol–water partition coefficient (Wildman–Crippen LogP) is 2.17. The van der Waals surface area contributed by atoms with Gasteiger partial charge in [-0.05, 0) is 33.3 Å². The molecular formula is C14H22N2O. The van der Waals surface area contributed by atoms with Gasteiger partial charge in [-0.15, -0.1) is 0 Å². The maximum atomic E-state index is 11.6. The summed E-state index contributed by atoms with van der Waals surface area (Å²) in [5.41, 5.74) is 2.45. The van der Waals surface area contributed by atoms with E-state index in [0.29, 0.717) is 6.54 Å². The van der Waals surface area contributed by atoms with Crippen molar-refractivity contribution in [3.63, 3.8) is 0 Å². The lowest BCUT2D eigenvalue weighted by Crippen LogP contribution is -2.43. The molecule has 0 spiro atoms. The molecule has 0 aliphatic carbocycles. The van der Waals surface area contributed by atoms with E-state index in [-0.39, 0.29) is 18.0 Å². The van der Waals surface area contributed by atoms with Gasteiger partial charge in [0, 0.05) is 12.6 Å². The summed E-state index contributed by atoms with van der Waals surface area (Å²) in [5.74, 6) is 0.0482. The van der Waals surface area contributed by atoms with E-state index in [1.807, 2.05) is 19.9 Å². The normalized spacial score (nSPS) is 14.1. The van der Waals surface area contributed by atoms with E-state index in [4.69, 9.17) is 0 Å². The number of nitrogens with one attached hydrogen (secondary N) is 2. The highest BCUT2D eigenvalue weighted by molar-refractivity contribution is 5.81. The van der Waals surface area contributed by atoms with Crippen LogP contribution in [0.25, 0.3) is 0 Å². The highest BCUT2D eigenvalue weighted by atomic mass is 16.2. The molecule has 0 saturated carbocycles. The molecule has 0 saturated heterocycles. The molecule has 94 valence electrons. The molecule has 2 N–H and O–H groups in total. The van der Waals surface area contributed by atoms with Crippen molar-refractivity contribution in [3.05, 3.63) is 35.4 Å². The molecule has 2 atom stereocenters. The van der Waals surface area contributed by atoms with Gasteiger partial charge in [-0.1, -0.05) is 29.8 Å². The Morgan fingerprint density at radius 3 is 2.65 bits per heavy atom. The maximum Gasteiger partial charge on any atom is 0.236 e. The van der Waals surface area contributed by atoms with Gasteiger partial charge in [0.1, 0.15) is 0 Å². The lowest BCUT2D eigenvalue weighted by Gasteiger charge is -2.20. The summed E-state index contributed by atoms with van der Waals surface area (Å²) in [6.07, 6.45) is 0. The van der Waals surface area contributed by atoms with E-state index in [1.54, 1.807) is 0 Å². The summed E-state index contributed by atoms with van der Waals surface area (Å²) < 4.78 is 0. The Morgan fingerprint density at radius 1 is 1.35 bits per heavy atom. The van der Waals surface area contributed by atoms with Crippen molar-refractivity contribution in [2.45, 2.75) is 39.8 Å². The van der Waals surface area contributed by atoms with Gasteiger partial charge in [0.05, 0.1) is 6.04 Å². The number of hydrogen-bond donors (Lipinski definition) is 2. The van der Waals surface area contributed by atoms with Crippen LogP contribution in [0.15, 0.2) is 24.3 Å². The van der Waals surface area contributed by atoms with Crippen LogP contribution < -0.4 is 10.6 Å². The van der Waals surface area contributed by atoms with Gasteiger partial charge in [-0.2, -0.15) is 0 Å². The molecule has 0 fully saturated rings. The first-order valence-corrected chi connectivity index (χ1v) is 6.15. The second-order valence-corrected chi connectivity index (χ2v) is 4.42. The first-order valence-electron chi connectivity index (χ1n) is 6.15. The first-order chi connectivity index (χ1) is 8.04. The minimum Gasteiger partial charge on any atom is -0.355 e. The third-order valence-electron chi connectivity index (χ3n) is 2.79. The molecule has 1 aromatic carbocycles. The monoisotopic (exact) mass is 234 g/mol. The number of likely N-dealkylation sites (N-methyl/N-ethyl adjacent to an activating group) is 1. The predicted molar refractivity (Wildman–Crippen MR) is 70.9 cm³/mol. The van der Waals surface area contributed by atoms with Crippen molar-refractivity contribution in [1.29, 1.82) is 0 Å². The van der Waals surface area contributed by atoms with Crippen molar-refractivity contribution < 1.29 is 4.79 Å². The van der Waals surface area contributed by atoms with Crippen molar-refractivity contribution in [3.8, 4) is 0 Å². The highest BCUT2D eigenvalue weighted by Crippen LogP contribution is 2.14. The molecular weight excluding hydrogens is 212 g/mol.